The van der Waals surface area contributed by atoms with Gasteiger partial charge in [0.2, 0.25) is 0 Å². The van der Waals surface area contributed by atoms with Gasteiger partial charge in [0.15, 0.2) is 0 Å². The molecule has 94 valence electrons. The zero-order chi connectivity index (χ0) is 13.4. The highest BCUT2D eigenvalue weighted by molar-refractivity contribution is 5.95. The van der Waals surface area contributed by atoms with Gasteiger partial charge in [-0.05, 0) is 31.0 Å². The van der Waals surface area contributed by atoms with Gasteiger partial charge < -0.3 is 5.32 Å². The molecule has 1 fully saturated rings. The van der Waals surface area contributed by atoms with E-state index in [1.54, 1.807) is 0 Å². The first-order valence-corrected chi connectivity index (χ1v) is 5.27. The lowest BCUT2D eigenvalue weighted by molar-refractivity contribution is -0.163. The number of benzene rings is 1. The van der Waals surface area contributed by atoms with E-state index in [0.29, 0.717) is 0 Å². The van der Waals surface area contributed by atoms with Gasteiger partial charge in [-0.25, -0.2) is 0 Å². The number of nitriles is 1. The molecule has 0 spiro atoms. The molecule has 1 N–H and O–H groups in total. The van der Waals surface area contributed by atoms with E-state index in [4.69, 9.17) is 5.26 Å². The molecule has 1 aliphatic rings. The third-order valence-corrected chi connectivity index (χ3v) is 2.90. The molecule has 1 saturated carbocycles. The van der Waals surface area contributed by atoms with Crippen LogP contribution in [0.5, 0.6) is 0 Å². The van der Waals surface area contributed by atoms with Crippen LogP contribution in [0.3, 0.4) is 0 Å². The Morgan fingerprint density at radius 2 is 2.06 bits per heavy atom. The summed E-state index contributed by atoms with van der Waals surface area (Å²) < 4.78 is 38.0. The average molecular weight is 254 g/mol. The molecule has 0 saturated heterocycles. The largest absolute Gasteiger partial charge is 0.411 e. The van der Waals surface area contributed by atoms with E-state index < -0.39 is 17.6 Å². The number of rotatable bonds is 2. The Morgan fingerprint density at radius 3 is 2.56 bits per heavy atom. The van der Waals surface area contributed by atoms with Crippen molar-refractivity contribution >= 4 is 5.91 Å². The highest BCUT2D eigenvalue weighted by Crippen LogP contribution is 2.49. The van der Waals surface area contributed by atoms with Crippen LogP contribution in [0.2, 0.25) is 0 Å². The average Bonchev–Trinajstić information content (AvgIpc) is 3.09. The number of amides is 1. The van der Waals surface area contributed by atoms with Crippen molar-refractivity contribution in [2.45, 2.75) is 24.6 Å². The van der Waals surface area contributed by atoms with Crippen LogP contribution in [0.1, 0.15) is 28.8 Å². The number of alkyl halides is 3. The van der Waals surface area contributed by atoms with Gasteiger partial charge >= 0.3 is 6.18 Å². The zero-order valence-electron chi connectivity index (χ0n) is 9.21. The molecular weight excluding hydrogens is 245 g/mol. The first-order valence-electron chi connectivity index (χ1n) is 5.27. The summed E-state index contributed by atoms with van der Waals surface area (Å²) in [6.07, 6.45) is -4.63. The molecular formula is C12H9F3N2O. The Labute approximate surface area is 101 Å². The second-order valence-corrected chi connectivity index (χ2v) is 4.23. The first kappa shape index (κ1) is 12.4. The molecule has 0 atom stereocenters. The Balaban J connectivity index is 2.16. The molecule has 1 aliphatic carbocycles. The Morgan fingerprint density at radius 1 is 1.39 bits per heavy atom. The van der Waals surface area contributed by atoms with Gasteiger partial charge in [0.05, 0.1) is 11.6 Å². The summed E-state index contributed by atoms with van der Waals surface area (Å²) in [6.45, 7) is 0. The molecule has 0 bridgehead atoms. The van der Waals surface area contributed by atoms with E-state index in [-0.39, 0.29) is 24.0 Å². The maximum absolute atomic E-state index is 12.7. The lowest BCUT2D eigenvalue weighted by Gasteiger charge is -2.20. The van der Waals surface area contributed by atoms with Crippen molar-refractivity contribution in [2.24, 2.45) is 0 Å². The van der Waals surface area contributed by atoms with Crippen molar-refractivity contribution in [3.8, 4) is 6.07 Å². The van der Waals surface area contributed by atoms with E-state index in [0.717, 1.165) is 0 Å². The van der Waals surface area contributed by atoms with Crippen molar-refractivity contribution in [3.63, 3.8) is 0 Å². The van der Waals surface area contributed by atoms with Crippen LogP contribution >= 0.6 is 0 Å². The van der Waals surface area contributed by atoms with E-state index in [1.165, 1.54) is 24.3 Å². The molecule has 6 heteroatoms. The number of carbonyl (C=O) groups is 1. The fourth-order valence-corrected chi connectivity index (χ4v) is 1.62. The van der Waals surface area contributed by atoms with Crippen molar-refractivity contribution in [1.29, 1.82) is 5.26 Å². The fraction of sp³-hybridized carbons (Fsp3) is 0.333. The summed E-state index contributed by atoms with van der Waals surface area (Å²) in [5.74, 6) is -0.804. The molecule has 1 aromatic rings. The van der Waals surface area contributed by atoms with Crippen LogP contribution in [0.25, 0.3) is 0 Å². The van der Waals surface area contributed by atoms with Crippen LogP contribution in [0.4, 0.5) is 13.2 Å². The van der Waals surface area contributed by atoms with Gasteiger partial charge in [0, 0.05) is 5.56 Å². The highest BCUT2D eigenvalue weighted by atomic mass is 19.4. The molecule has 0 aliphatic heterocycles. The summed E-state index contributed by atoms with van der Waals surface area (Å²) in [6, 6.07) is 7.41. The lowest BCUT2D eigenvalue weighted by Crippen LogP contribution is -2.47. The van der Waals surface area contributed by atoms with Crippen LogP contribution in [-0.2, 0) is 0 Å². The van der Waals surface area contributed by atoms with Gasteiger partial charge in [0.25, 0.3) is 5.91 Å². The molecule has 18 heavy (non-hydrogen) atoms. The summed E-state index contributed by atoms with van der Waals surface area (Å²) in [7, 11) is 0. The summed E-state index contributed by atoms with van der Waals surface area (Å²) >= 11 is 0. The minimum absolute atomic E-state index is 0.0598. The molecule has 2 rings (SSSR count). The van der Waals surface area contributed by atoms with E-state index >= 15 is 0 Å². The van der Waals surface area contributed by atoms with Crippen LogP contribution in [-0.4, -0.2) is 17.6 Å². The summed E-state index contributed by atoms with van der Waals surface area (Å²) in [5, 5.41) is 10.7. The normalized spacial score (nSPS) is 16.8. The maximum atomic E-state index is 12.7. The van der Waals surface area contributed by atoms with E-state index in [9.17, 15) is 18.0 Å². The maximum Gasteiger partial charge on any atom is 0.411 e. The van der Waals surface area contributed by atoms with Gasteiger partial charge in [0.1, 0.15) is 5.54 Å². The van der Waals surface area contributed by atoms with Crippen molar-refractivity contribution < 1.29 is 18.0 Å². The monoisotopic (exact) mass is 254 g/mol. The first-order chi connectivity index (χ1) is 8.38. The molecule has 1 amide bonds. The van der Waals surface area contributed by atoms with Crippen LogP contribution in [0, 0.1) is 11.3 Å². The minimum Gasteiger partial charge on any atom is -0.338 e. The molecule has 3 nitrogen and oxygen atoms in total. The van der Waals surface area contributed by atoms with Gasteiger partial charge in [-0.15, -0.1) is 0 Å². The molecule has 0 heterocycles. The third kappa shape index (κ3) is 2.16. The van der Waals surface area contributed by atoms with Gasteiger partial charge in [-0.2, -0.15) is 18.4 Å². The van der Waals surface area contributed by atoms with Gasteiger partial charge in [-0.1, -0.05) is 6.07 Å². The zero-order valence-corrected chi connectivity index (χ0v) is 9.21. The highest BCUT2D eigenvalue weighted by Gasteiger charge is 2.64. The SMILES string of the molecule is N#Cc1cccc(C(=O)NC2(C(F)(F)F)CC2)c1. The van der Waals surface area contributed by atoms with Crippen molar-refractivity contribution in [3.05, 3.63) is 35.4 Å². The van der Waals surface area contributed by atoms with E-state index in [2.05, 4.69) is 0 Å². The number of nitrogens with one attached hydrogen (secondary N) is 1. The molecule has 0 aromatic heterocycles. The number of carbonyl (C=O) groups excluding carboxylic acids is 1. The van der Waals surface area contributed by atoms with Crippen molar-refractivity contribution in [1.82, 2.24) is 5.32 Å². The Kier molecular flexibility index (Phi) is 2.77. The molecule has 1 aromatic carbocycles. The molecule has 0 unspecified atom stereocenters. The fourth-order valence-electron chi connectivity index (χ4n) is 1.62. The Bertz CT molecular complexity index is 527. The quantitative estimate of drug-likeness (QED) is 0.880. The standard InChI is InChI=1S/C12H9F3N2O/c13-12(14,15)11(4-5-11)17-10(18)9-3-1-2-8(6-9)7-16/h1-3,6H,4-5H2,(H,17,18). The second kappa shape index (κ2) is 4.02. The van der Waals surface area contributed by atoms with Crippen LogP contribution in [0.15, 0.2) is 24.3 Å². The summed E-state index contributed by atoms with van der Waals surface area (Å²) in [4.78, 5) is 11.7. The predicted octanol–water partition coefficient (Wildman–Crippen LogP) is 2.38. The summed E-state index contributed by atoms with van der Waals surface area (Å²) in [5.41, 5.74) is -1.78. The Hall–Kier alpha value is -2.03. The number of halogens is 3. The van der Waals surface area contributed by atoms with E-state index in [1.807, 2.05) is 11.4 Å². The minimum atomic E-state index is -4.44. The number of hydrogen-bond acceptors (Lipinski definition) is 2. The number of hydrogen-bond donors (Lipinski definition) is 1. The number of nitrogens with zero attached hydrogens (tertiary/aromatic N) is 1. The third-order valence-electron chi connectivity index (χ3n) is 2.90. The van der Waals surface area contributed by atoms with Crippen LogP contribution < -0.4 is 5.32 Å². The topological polar surface area (TPSA) is 52.9 Å². The smallest absolute Gasteiger partial charge is 0.338 e. The molecule has 0 radical (unpaired) electrons. The van der Waals surface area contributed by atoms with Crippen molar-refractivity contribution in [2.75, 3.05) is 0 Å². The second-order valence-electron chi connectivity index (χ2n) is 4.23. The van der Waals surface area contributed by atoms with Gasteiger partial charge in [-0.3, -0.25) is 4.79 Å². The predicted molar refractivity (Wildman–Crippen MR) is 56.6 cm³/mol. The lowest BCUT2D eigenvalue weighted by atomic mass is 10.1.